The second-order valence-electron chi connectivity index (χ2n) is 8.56. The molecule has 0 saturated carbocycles. The number of hydrogen-bond donors (Lipinski definition) is 0. The Morgan fingerprint density at radius 2 is 1.76 bits per heavy atom. The van der Waals surface area contributed by atoms with Crippen LogP contribution in [-0.2, 0) is 21.4 Å². The maximum absolute atomic E-state index is 12.9. The van der Waals surface area contributed by atoms with Crippen molar-refractivity contribution in [3.8, 4) is 17.6 Å². The summed E-state index contributed by atoms with van der Waals surface area (Å²) < 4.78 is 15.5. The topological polar surface area (TPSA) is 88.9 Å². The Balaban J connectivity index is 2.10. The van der Waals surface area contributed by atoms with Crippen molar-refractivity contribution in [3.05, 3.63) is 59.2 Å². The number of nitriles is 1. The van der Waals surface area contributed by atoms with Crippen molar-refractivity contribution in [2.45, 2.75) is 38.5 Å². The molecule has 0 unspecified atom stereocenters. The first kappa shape index (κ1) is 26.7. The number of nitrogens with zero attached hydrogens (tertiary/aromatic N) is 2. The standard InChI is InChI=1S/C27H34N2O5/c1-19(2)27(18-28,22-10-11-23(32-4)24(17-22)33-5)14-12-25(30)29(3)15-13-20-8-7-9-21(16-20)26(31)34-6/h7-11,16-17,19H,12-15H2,1-6H3/t27-/m0/s1. The number of amides is 1. The molecule has 0 fully saturated rings. The second kappa shape index (κ2) is 12.1. The third-order valence-corrected chi connectivity index (χ3v) is 6.33. The first-order chi connectivity index (χ1) is 16.2. The molecule has 2 aromatic rings. The van der Waals surface area contributed by atoms with E-state index < -0.39 is 5.41 Å². The lowest BCUT2D eigenvalue weighted by molar-refractivity contribution is -0.130. The van der Waals surface area contributed by atoms with Gasteiger partial charge in [-0.2, -0.15) is 5.26 Å². The Hall–Kier alpha value is -3.53. The van der Waals surface area contributed by atoms with E-state index in [1.807, 2.05) is 32.0 Å². The summed E-state index contributed by atoms with van der Waals surface area (Å²) >= 11 is 0. The summed E-state index contributed by atoms with van der Waals surface area (Å²) in [5.41, 5.74) is 1.39. The van der Waals surface area contributed by atoms with Gasteiger partial charge in [-0.05, 0) is 54.2 Å². The van der Waals surface area contributed by atoms with E-state index in [-0.39, 0.29) is 24.2 Å². The Kier molecular flexibility index (Phi) is 9.49. The Morgan fingerprint density at radius 1 is 1.06 bits per heavy atom. The third kappa shape index (κ3) is 6.07. The number of rotatable bonds is 11. The first-order valence-corrected chi connectivity index (χ1v) is 11.3. The van der Waals surface area contributed by atoms with Gasteiger partial charge in [0.15, 0.2) is 11.5 Å². The zero-order valence-corrected chi connectivity index (χ0v) is 20.9. The van der Waals surface area contributed by atoms with Gasteiger partial charge in [0.05, 0.1) is 38.4 Å². The van der Waals surface area contributed by atoms with Gasteiger partial charge in [0, 0.05) is 20.0 Å². The molecule has 7 nitrogen and oxygen atoms in total. The molecule has 2 rings (SSSR count). The van der Waals surface area contributed by atoms with E-state index in [0.29, 0.717) is 36.4 Å². The number of methoxy groups -OCH3 is 3. The fraction of sp³-hybridized carbons (Fsp3) is 0.444. The highest BCUT2D eigenvalue weighted by Gasteiger charge is 2.37. The monoisotopic (exact) mass is 466 g/mol. The molecule has 34 heavy (non-hydrogen) atoms. The summed E-state index contributed by atoms with van der Waals surface area (Å²) in [6.45, 7) is 4.48. The van der Waals surface area contributed by atoms with Crippen LogP contribution in [0.3, 0.4) is 0 Å². The van der Waals surface area contributed by atoms with Gasteiger partial charge in [-0.3, -0.25) is 4.79 Å². The van der Waals surface area contributed by atoms with Crippen molar-refractivity contribution in [2.24, 2.45) is 5.92 Å². The molecule has 0 heterocycles. The highest BCUT2D eigenvalue weighted by atomic mass is 16.5. The van der Waals surface area contributed by atoms with Gasteiger partial charge < -0.3 is 19.1 Å². The summed E-state index contributed by atoms with van der Waals surface area (Å²) in [5.74, 6) is 0.703. The lowest BCUT2D eigenvalue weighted by Gasteiger charge is -2.32. The van der Waals surface area contributed by atoms with Crippen LogP contribution < -0.4 is 9.47 Å². The van der Waals surface area contributed by atoms with E-state index >= 15 is 0 Å². The van der Waals surface area contributed by atoms with Crippen LogP contribution in [0, 0.1) is 17.2 Å². The maximum atomic E-state index is 12.9. The van der Waals surface area contributed by atoms with Gasteiger partial charge in [-0.25, -0.2) is 4.79 Å². The van der Waals surface area contributed by atoms with Gasteiger partial charge in [-0.1, -0.05) is 32.0 Å². The van der Waals surface area contributed by atoms with E-state index in [0.717, 1.165) is 11.1 Å². The quantitative estimate of drug-likeness (QED) is 0.457. The van der Waals surface area contributed by atoms with Crippen LogP contribution in [0.5, 0.6) is 11.5 Å². The molecule has 0 bridgehead atoms. The van der Waals surface area contributed by atoms with Crippen LogP contribution in [0.4, 0.5) is 0 Å². The van der Waals surface area contributed by atoms with E-state index in [9.17, 15) is 14.9 Å². The fourth-order valence-electron chi connectivity index (χ4n) is 4.02. The minimum absolute atomic E-state index is 0.0187. The molecule has 0 radical (unpaired) electrons. The van der Waals surface area contributed by atoms with Gasteiger partial charge in [0.25, 0.3) is 0 Å². The summed E-state index contributed by atoms with van der Waals surface area (Å²) in [6, 6.07) is 15.2. The van der Waals surface area contributed by atoms with Crippen LogP contribution in [0.25, 0.3) is 0 Å². The highest BCUT2D eigenvalue weighted by Crippen LogP contribution is 2.40. The number of likely N-dealkylation sites (N-methyl/N-ethyl adjacent to an activating group) is 1. The van der Waals surface area contributed by atoms with Gasteiger partial charge in [0.1, 0.15) is 0 Å². The van der Waals surface area contributed by atoms with E-state index in [1.165, 1.54) is 7.11 Å². The lowest BCUT2D eigenvalue weighted by atomic mass is 9.69. The van der Waals surface area contributed by atoms with Crippen LogP contribution in [0.1, 0.15) is 48.2 Å². The predicted molar refractivity (Wildman–Crippen MR) is 130 cm³/mol. The molecule has 0 saturated heterocycles. The Morgan fingerprint density at radius 3 is 2.35 bits per heavy atom. The van der Waals surface area contributed by atoms with Crippen molar-refractivity contribution in [2.75, 3.05) is 34.9 Å². The average molecular weight is 467 g/mol. The Bertz CT molecular complexity index is 1040. The number of esters is 1. The minimum atomic E-state index is -0.842. The second-order valence-corrected chi connectivity index (χ2v) is 8.56. The van der Waals surface area contributed by atoms with E-state index in [4.69, 9.17) is 14.2 Å². The lowest BCUT2D eigenvalue weighted by Crippen LogP contribution is -2.35. The highest BCUT2D eigenvalue weighted by molar-refractivity contribution is 5.89. The summed E-state index contributed by atoms with van der Waals surface area (Å²) in [5, 5.41) is 10.2. The summed E-state index contributed by atoms with van der Waals surface area (Å²) in [6.07, 6.45) is 1.23. The minimum Gasteiger partial charge on any atom is -0.493 e. The molecule has 0 aromatic heterocycles. The molecule has 1 amide bonds. The molecule has 0 N–H and O–H groups in total. The summed E-state index contributed by atoms with van der Waals surface area (Å²) in [7, 11) is 6.23. The number of carbonyl (C=O) groups excluding carboxylic acids is 2. The number of benzene rings is 2. The van der Waals surface area contributed by atoms with Crippen LogP contribution in [0.15, 0.2) is 42.5 Å². The van der Waals surface area contributed by atoms with Crippen molar-refractivity contribution in [1.82, 2.24) is 4.90 Å². The van der Waals surface area contributed by atoms with Crippen molar-refractivity contribution in [3.63, 3.8) is 0 Å². The molecule has 0 spiro atoms. The molecule has 0 aliphatic rings. The van der Waals surface area contributed by atoms with Crippen LogP contribution >= 0.6 is 0 Å². The molecule has 7 heteroatoms. The van der Waals surface area contributed by atoms with Crippen LogP contribution in [0.2, 0.25) is 0 Å². The van der Waals surface area contributed by atoms with Gasteiger partial charge in [-0.15, -0.1) is 0 Å². The summed E-state index contributed by atoms with van der Waals surface area (Å²) in [4.78, 5) is 26.3. The predicted octanol–water partition coefficient (Wildman–Crippen LogP) is 4.39. The zero-order valence-electron chi connectivity index (χ0n) is 20.9. The van der Waals surface area contributed by atoms with Crippen molar-refractivity contribution < 1.29 is 23.8 Å². The van der Waals surface area contributed by atoms with Crippen molar-refractivity contribution >= 4 is 11.9 Å². The number of carbonyl (C=O) groups is 2. The Labute approximate surface area is 202 Å². The third-order valence-electron chi connectivity index (χ3n) is 6.33. The molecular weight excluding hydrogens is 432 g/mol. The molecule has 0 aliphatic carbocycles. The molecule has 0 aliphatic heterocycles. The number of hydrogen-bond acceptors (Lipinski definition) is 6. The first-order valence-electron chi connectivity index (χ1n) is 11.3. The van der Waals surface area contributed by atoms with Crippen LogP contribution in [-0.4, -0.2) is 51.7 Å². The normalized spacial score (nSPS) is 12.4. The zero-order chi connectivity index (χ0) is 25.3. The maximum Gasteiger partial charge on any atom is 0.337 e. The van der Waals surface area contributed by atoms with Crippen molar-refractivity contribution in [1.29, 1.82) is 5.26 Å². The fourth-order valence-corrected chi connectivity index (χ4v) is 4.02. The SMILES string of the molecule is COC(=O)c1cccc(CCN(C)C(=O)CC[C@@](C#N)(c2ccc(OC)c(OC)c2)C(C)C)c1. The smallest absolute Gasteiger partial charge is 0.337 e. The van der Waals surface area contributed by atoms with E-state index in [1.54, 1.807) is 50.4 Å². The largest absolute Gasteiger partial charge is 0.493 e. The number of ether oxygens (including phenoxy) is 3. The van der Waals surface area contributed by atoms with Gasteiger partial charge in [0.2, 0.25) is 5.91 Å². The van der Waals surface area contributed by atoms with E-state index in [2.05, 4.69) is 6.07 Å². The average Bonchev–Trinajstić information content (AvgIpc) is 2.86. The molecule has 182 valence electrons. The van der Waals surface area contributed by atoms with Gasteiger partial charge >= 0.3 is 5.97 Å². The molecular formula is C27H34N2O5. The molecule has 2 aromatic carbocycles. The molecule has 1 atom stereocenters.